The Morgan fingerprint density at radius 3 is 2.90 bits per heavy atom. The average molecular weight is 207 g/mol. The average Bonchev–Trinajstić information content (AvgIpc) is 1.98. The molecule has 10 heavy (non-hydrogen) atoms. The van der Waals surface area contributed by atoms with Crippen LogP contribution in [0.2, 0.25) is 0 Å². The quantitative estimate of drug-likeness (QED) is 0.298. The Labute approximate surface area is 69.4 Å². The van der Waals surface area contributed by atoms with Crippen LogP contribution in [0.25, 0.3) is 0 Å². The third-order valence-corrected chi connectivity index (χ3v) is 1.38. The van der Waals surface area contributed by atoms with E-state index >= 15 is 0 Å². The van der Waals surface area contributed by atoms with Gasteiger partial charge in [-0.25, -0.2) is 0 Å². The monoisotopic (exact) mass is 206 g/mol. The van der Waals surface area contributed by atoms with Crippen LogP contribution >= 0.6 is 15.9 Å². The molecular weight excluding hydrogens is 196 g/mol. The van der Waals surface area contributed by atoms with E-state index in [0.29, 0.717) is 6.61 Å². The van der Waals surface area contributed by atoms with E-state index in [1.807, 2.05) is 6.08 Å². The molecule has 0 N–H and O–H groups in total. The molecule has 0 rings (SSSR count). The van der Waals surface area contributed by atoms with Gasteiger partial charge in [0.25, 0.3) is 0 Å². The molecule has 58 valence electrons. The molecule has 0 aliphatic heterocycles. The van der Waals surface area contributed by atoms with Crippen LogP contribution in [-0.2, 0) is 9.53 Å². The van der Waals surface area contributed by atoms with Crippen molar-refractivity contribution in [2.45, 2.75) is 12.8 Å². The summed E-state index contributed by atoms with van der Waals surface area (Å²) in [6, 6.07) is 0. The van der Waals surface area contributed by atoms with Crippen molar-refractivity contribution in [3.8, 4) is 0 Å². The van der Waals surface area contributed by atoms with Gasteiger partial charge in [-0.3, -0.25) is 4.79 Å². The highest BCUT2D eigenvalue weighted by Crippen LogP contribution is 1.92. The number of halogens is 1. The Kier molecular flexibility index (Phi) is 6.59. The minimum absolute atomic E-state index is 0.205. The number of ether oxygens (including phenoxy) is 1. The van der Waals surface area contributed by atoms with Crippen LogP contribution in [0.4, 0.5) is 0 Å². The third kappa shape index (κ3) is 5.82. The minimum atomic E-state index is -0.205. The van der Waals surface area contributed by atoms with Crippen molar-refractivity contribution < 1.29 is 9.53 Å². The summed E-state index contributed by atoms with van der Waals surface area (Å²) in [5, 5.41) is 0.279. The van der Waals surface area contributed by atoms with Crippen LogP contribution in [0.15, 0.2) is 12.7 Å². The van der Waals surface area contributed by atoms with Crippen molar-refractivity contribution in [3.05, 3.63) is 12.7 Å². The molecule has 0 aliphatic carbocycles. The first-order valence-corrected chi connectivity index (χ1v) is 4.26. The lowest BCUT2D eigenvalue weighted by Crippen LogP contribution is -2.05. The summed E-state index contributed by atoms with van der Waals surface area (Å²) in [7, 11) is 0. The zero-order chi connectivity index (χ0) is 7.82. The van der Waals surface area contributed by atoms with Gasteiger partial charge in [0.05, 0.1) is 6.61 Å². The number of unbranched alkanes of at least 4 members (excludes halogenated alkanes) is 1. The SMILES string of the molecule is C=CCCCOC(=O)CBr. The van der Waals surface area contributed by atoms with Gasteiger partial charge in [-0.05, 0) is 12.8 Å². The Balaban J connectivity index is 3.03. The normalized spacial score (nSPS) is 8.90. The molecule has 0 saturated carbocycles. The Bertz CT molecular complexity index is 112. The molecule has 0 radical (unpaired) electrons. The summed E-state index contributed by atoms with van der Waals surface area (Å²) < 4.78 is 4.76. The molecule has 0 saturated heterocycles. The fraction of sp³-hybridized carbons (Fsp3) is 0.571. The summed E-state index contributed by atoms with van der Waals surface area (Å²) in [5.74, 6) is -0.205. The van der Waals surface area contributed by atoms with E-state index in [2.05, 4.69) is 22.5 Å². The molecule has 0 aromatic heterocycles. The summed E-state index contributed by atoms with van der Waals surface area (Å²) in [5.41, 5.74) is 0. The van der Waals surface area contributed by atoms with Gasteiger partial charge in [-0.1, -0.05) is 22.0 Å². The molecule has 0 unspecified atom stereocenters. The number of carbonyl (C=O) groups excluding carboxylic acids is 1. The van der Waals surface area contributed by atoms with Gasteiger partial charge in [0, 0.05) is 0 Å². The zero-order valence-electron chi connectivity index (χ0n) is 5.81. The highest BCUT2D eigenvalue weighted by Gasteiger charge is 1.96. The summed E-state index contributed by atoms with van der Waals surface area (Å²) >= 11 is 2.99. The van der Waals surface area contributed by atoms with Gasteiger partial charge < -0.3 is 4.74 Å². The van der Waals surface area contributed by atoms with Crippen LogP contribution < -0.4 is 0 Å². The van der Waals surface area contributed by atoms with E-state index in [1.54, 1.807) is 0 Å². The van der Waals surface area contributed by atoms with Gasteiger partial charge in [0.2, 0.25) is 0 Å². The highest BCUT2D eigenvalue weighted by atomic mass is 79.9. The number of allylic oxidation sites excluding steroid dienone is 1. The summed E-state index contributed by atoms with van der Waals surface area (Å²) in [4.78, 5) is 10.5. The largest absolute Gasteiger partial charge is 0.465 e. The van der Waals surface area contributed by atoms with Crippen LogP contribution in [0.1, 0.15) is 12.8 Å². The van der Waals surface area contributed by atoms with Crippen molar-refractivity contribution >= 4 is 21.9 Å². The van der Waals surface area contributed by atoms with E-state index in [-0.39, 0.29) is 11.3 Å². The molecule has 0 aromatic carbocycles. The first-order valence-electron chi connectivity index (χ1n) is 3.13. The first kappa shape index (κ1) is 9.69. The molecule has 2 nitrogen and oxygen atoms in total. The van der Waals surface area contributed by atoms with E-state index in [1.165, 1.54) is 0 Å². The summed E-state index contributed by atoms with van der Waals surface area (Å²) in [6.07, 6.45) is 3.57. The molecule has 0 bridgehead atoms. The molecule has 0 aromatic rings. The van der Waals surface area contributed by atoms with E-state index in [9.17, 15) is 4.79 Å². The van der Waals surface area contributed by atoms with Crippen LogP contribution in [0.3, 0.4) is 0 Å². The van der Waals surface area contributed by atoms with Crippen molar-refractivity contribution in [3.63, 3.8) is 0 Å². The highest BCUT2D eigenvalue weighted by molar-refractivity contribution is 9.09. The number of alkyl halides is 1. The lowest BCUT2D eigenvalue weighted by atomic mass is 10.3. The fourth-order valence-corrected chi connectivity index (χ4v) is 0.614. The lowest BCUT2D eigenvalue weighted by Gasteiger charge is -1.99. The zero-order valence-corrected chi connectivity index (χ0v) is 7.39. The van der Waals surface area contributed by atoms with Crippen molar-refractivity contribution in [1.29, 1.82) is 0 Å². The second-order valence-corrected chi connectivity index (χ2v) is 2.35. The van der Waals surface area contributed by atoms with Crippen LogP contribution in [0, 0.1) is 0 Å². The number of rotatable bonds is 5. The molecule has 0 heterocycles. The standard InChI is InChI=1S/C7H11BrO2/c1-2-3-4-5-10-7(9)6-8/h2H,1,3-6H2. The van der Waals surface area contributed by atoms with Gasteiger partial charge in [0.15, 0.2) is 0 Å². The lowest BCUT2D eigenvalue weighted by molar-refractivity contribution is -0.140. The van der Waals surface area contributed by atoms with Gasteiger partial charge in [-0.2, -0.15) is 0 Å². The molecular formula is C7H11BrO2. The topological polar surface area (TPSA) is 26.3 Å². The first-order chi connectivity index (χ1) is 4.81. The summed E-state index contributed by atoms with van der Waals surface area (Å²) in [6.45, 7) is 4.04. The predicted molar refractivity (Wildman–Crippen MR) is 44.2 cm³/mol. The van der Waals surface area contributed by atoms with Gasteiger partial charge in [0.1, 0.15) is 5.33 Å². The second-order valence-electron chi connectivity index (χ2n) is 1.79. The van der Waals surface area contributed by atoms with Crippen molar-refractivity contribution in [1.82, 2.24) is 0 Å². The molecule has 0 fully saturated rings. The third-order valence-electron chi connectivity index (χ3n) is 0.925. The molecule has 3 heteroatoms. The van der Waals surface area contributed by atoms with Gasteiger partial charge >= 0.3 is 5.97 Å². The number of esters is 1. The number of hydrogen-bond acceptors (Lipinski definition) is 2. The van der Waals surface area contributed by atoms with E-state index in [0.717, 1.165) is 12.8 Å². The fourth-order valence-electron chi connectivity index (χ4n) is 0.452. The Morgan fingerprint density at radius 1 is 1.70 bits per heavy atom. The maximum absolute atomic E-state index is 10.5. The van der Waals surface area contributed by atoms with Crippen molar-refractivity contribution in [2.24, 2.45) is 0 Å². The van der Waals surface area contributed by atoms with E-state index < -0.39 is 0 Å². The van der Waals surface area contributed by atoms with Crippen LogP contribution in [0.5, 0.6) is 0 Å². The maximum Gasteiger partial charge on any atom is 0.316 e. The predicted octanol–water partition coefficient (Wildman–Crippen LogP) is 1.89. The number of hydrogen-bond donors (Lipinski definition) is 0. The Morgan fingerprint density at radius 2 is 2.40 bits per heavy atom. The number of carbonyl (C=O) groups is 1. The van der Waals surface area contributed by atoms with E-state index in [4.69, 9.17) is 4.74 Å². The van der Waals surface area contributed by atoms with Crippen LogP contribution in [-0.4, -0.2) is 17.9 Å². The molecule has 0 spiro atoms. The second kappa shape index (κ2) is 6.81. The molecule has 0 aliphatic rings. The minimum Gasteiger partial charge on any atom is -0.465 e. The van der Waals surface area contributed by atoms with Gasteiger partial charge in [-0.15, -0.1) is 6.58 Å². The van der Waals surface area contributed by atoms with Crippen molar-refractivity contribution in [2.75, 3.05) is 11.9 Å². The maximum atomic E-state index is 10.5. The Hall–Kier alpha value is -0.310. The smallest absolute Gasteiger partial charge is 0.316 e. The molecule has 0 atom stereocenters. The molecule has 0 amide bonds.